The zero-order valence-corrected chi connectivity index (χ0v) is 6.31. The zero-order chi connectivity index (χ0) is 8.43. The van der Waals surface area contributed by atoms with Gasteiger partial charge in [-0.25, -0.2) is 0 Å². The van der Waals surface area contributed by atoms with Crippen molar-refractivity contribution in [1.82, 2.24) is 0 Å². The Morgan fingerprint density at radius 3 is 2.55 bits per heavy atom. The van der Waals surface area contributed by atoms with E-state index in [9.17, 15) is 5.11 Å². The molecule has 2 unspecified atom stereocenters. The summed E-state index contributed by atoms with van der Waals surface area (Å²) in [7, 11) is -1.39. The Morgan fingerprint density at radius 2 is 2.09 bits per heavy atom. The van der Waals surface area contributed by atoms with E-state index < -0.39 is 7.12 Å². The van der Waals surface area contributed by atoms with E-state index in [4.69, 9.17) is 10.0 Å². The number of hydrogen-bond acceptors (Lipinski definition) is 3. The van der Waals surface area contributed by atoms with Crippen LogP contribution in [-0.4, -0.2) is 22.3 Å². The van der Waals surface area contributed by atoms with E-state index in [0.717, 1.165) is 0 Å². The molecule has 11 heavy (non-hydrogen) atoms. The van der Waals surface area contributed by atoms with Crippen LogP contribution in [0.2, 0.25) is 5.82 Å². The van der Waals surface area contributed by atoms with Gasteiger partial charge in [0.2, 0.25) is 0 Å². The van der Waals surface area contributed by atoms with Crippen molar-refractivity contribution in [3.8, 4) is 0 Å². The minimum atomic E-state index is -1.39. The van der Waals surface area contributed by atoms with Gasteiger partial charge >= 0.3 is 7.12 Å². The predicted octanol–water partition coefficient (Wildman–Crippen LogP) is 0.477. The number of allylic oxidation sites excluding steroid dienone is 4. The second-order valence-corrected chi connectivity index (χ2v) is 2.76. The number of aliphatic hydroxyl groups is 1. The lowest BCUT2D eigenvalue weighted by Gasteiger charge is -2.21. The summed E-state index contributed by atoms with van der Waals surface area (Å²) >= 11 is 0. The molecule has 60 valence electrons. The molecule has 3 nitrogen and oxygen atoms in total. The van der Waals surface area contributed by atoms with Gasteiger partial charge in [-0.15, -0.1) is 0 Å². The molecule has 0 aromatic rings. The van der Waals surface area contributed by atoms with Crippen molar-refractivity contribution in [1.29, 1.82) is 0 Å². The van der Waals surface area contributed by atoms with E-state index in [-0.39, 0.29) is 17.5 Å². The van der Waals surface area contributed by atoms with Gasteiger partial charge in [-0.2, -0.15) is 0 Å². The van der Waals surface area contributed by atoms with E-state index in [1.54, 1.807) is 25.2 Å². The molecule has 0 aliphatic heterocycles. The lowest BCUT2D eigenvalue weighted by Crippen LogP contribution is -2.26. The average molecular weight is 154 g/mol. The smallest absolute Gasteiger partial charge is 0.459 e. The molecule has 0 spiro atoms. The summed E-state index contributed by atoms with van der Waals surface area (Å²) in [6.45, 7) is 1.75. The summed E-state index contributed by atoms with van der Waals surface area (Å²) in [5.41, 5.74) is 0. The molecule has 1 aliphatic rings. The molecule has 1 aliphatic carbocycles. The molecule has 0 heterocycles. The van der Waals surface area contributed by atoms with Crippen molar-refractivity contribution >= 4 is 7.12 Å². The minimum Gasteiger partial charge on any atom is -0.512 e. The predicted molar refractivity (Wildman–Crippen MR) is 43.0 cm³/mol. The molecule has 4 heteroatoms. The topological polar surface area (TPSA) is 60.7 Å². The third-order valence-corrected chi connectivity index (χ3v) is 1.99. The molecule has 0 radical (unpaired) electrons. The van der Waals surface area contributed by atoms with Crippen LogP contribution in [0.1, 0.15) is 6.92 Å². The summed E-state index contributed by atoms with van der Waals surface area (Å²) in [6, 6.07) is 0. The Kier molecular flexibility index (Phi) is 2.36. The molecule has 0 fully saturated rings. The summed E-state index contributed by atoms with van der Waals surface area (Å²) in [5.74, 6) is -0.398. The van der Waals surface area contributed by atoms with E-state index >= 15 is 0 Å². The van der Waals surface area contributed by atoms with Gasteiger partial charge in [0.25, 0.3) is 0 Å². The maximum absolute atomic E-state index is 9.18. The highest BCUT2D eigenvalue weighted by molar-refractivity contribution is 6.44. The summed E-state index contributed by atoms with van der Waals surface area (Å²) < 4.78 is 0. The van der Waals surface area contributed by atoms with Crippen LogP contribution >= 0.6 is 0 Å². The van der Waals surface area contributed by atoms with Crippen LogP contribution in [0.15, 0.2) is 24.0 Å². The Balaban J connectivity index is 2.73. The molecule has 0 saturated carbocycles. The van der Waals surface area contributed by atoms with Gasteiger partial charge in [-0.3, -0.25) is 0 Å². The van der Waals surface area contributed by atoms with Crippen molar-refractivity contribution in [3.05, 3.63) is 24.0 Å². The maximum atomic E-state index is 9.18. The van der Waals surface area contributed by atoms with Crippen molar-refractivity contribution in [2.45, 2.75) is 12.7 Å². The van der Waals surface area contributed by atoms with Crippen LogP contribution in [0.5, 0.6) is 0 Å². The van der Waals surface area contributed by atoms with Gasteiger partial charge in [0.05, 0.1) is 5.76 Å². The summed E-state index contributed by atoms with van der Waals surface area (Å²) in [4.78, 5) is 0. The fourth-order valence-electron chi connectivity index (χ4n) is 1.16. The van der Waals surface area contributed by atoms with Crippen molar-refractivity contribution in [2.24, 2.45) is 5.92 Å². The van der Waals surface area contributed by atoms with Crippen molar-refractivity contribution < 1.29 is 15.2 Å². The van der Waals surface area contributed by atoms with Gasteiger partial charge in [0.1, 0.15) is 0 Å². The zero-order valence-electron chi connectivity index (χ0n) is 6.31. The molecular formula is C7H11BO3. The first-order valence-corrected chi connectivity index (χ1v) is 3.56. The molecule has 0 aromatic heterocycles. The Bertz CT molecular complexity index is 198. The normalized spacial score (nSPS) is 29.9. The highest BCUT2D eigenvalue weighted by Gasteiger charge is 2.30. The molecule has 0 amide bonds. The third-order valence-electron chi connectivity index (χ3n) is 1.99. The van der Waals surface area contributed by atoms with Crippen molar-refractivity contribution in [3.63, 3.8) is 0 Å². The number of hydrogen-bond donors (Lipinski definition) is 3. The maximum Gasteiger partial charge on any atom is 0.459 e. The average Bonchev–Trinajstić information content (AvgIpc) is 1.94. The van der Waals surface area contributed by atoms with E-state index in [1.165, 1.54) is 0 Å². The van der Waals surface area contributed by atoms with Gasteiger partial charge < -0.3 is 15.2 Å². The quantitative estimate of drug-likeness (QED) is 0.481. The minimum absolute atomic E-state index is 0.200. The van der Waals surface area contributed by atoms with Gasteiger partial charge in [-0.05, 0) is 6.08 Å². The standard InChI is InChI=1S/C7H11BO3/c1-5-6(8(10)11)3-2-4-7(5)9/h2-6,9-11H,1H3. The van der Waals surface area contributed by atoms with Crippen LogP contribution in [0.3, 0.4) is 0 Å². The van der Waals surface area contributed by atoms with Crippen LogP contribution in [0, 0.1) is 5.92 Å². The lowest BCUT2D eigenvalue weighted by molar-refractivity contribution is 0.312. The van der Waals surface area contributed by atoms with Crippen LogP contribution < -0.4 is 0 Å². The summed E-state index contributed by atoms with van der Waals surface area (Å²) in [5, 5.41) is 26.8. The second-order valence-electron chi connectivity index (χ2n) is 2.76. The third kappa shape index (κ3) is 1.64. The molecule has 1 rings (SSSR count). The fourth-order valence-corrected chi connectivity index (χ4v) is 1.16. The highest BCUT2D eigenvalue weighted by atomic mass is 16.4. The SMILES string of the molecule is CC1C(O)=CC=CC1B(O)O. The van der Waals surface area contributed by atoms with Gasteiger partial charge in [-0.1, -0.05) is 19.1 Å². The monoisotopic (exact) mass is 154 g/mol. The Hall–Kier alpha value is -0.735. The van der Waals surface area contributed by atoms with Crippen molar-refractivity contribution in [2.75, 3.05) is 0 Å². The largest absolute Gasteiger partial charge is 0.512 e. The van der Waals surface area contributed by atoms with E-state index in [0.29, 0.717) is 0 Å². The number of rotatable bonds is 1. The molecule has 0 aromatic carbocycles. The Morgan fingerprint density at radius 1 is 1.45 bits per heavy atom. The first-order valence-electron chi connectivity index (χ1n) is 3.56. The van der Waals surface area contributed by atoms with Gasteiger partial charge in [0.15, 0.2) is 0 Å². The fraction of sp³-hybridized carbons (Fsp3) is 0.429. The molecule has 2 atom stereocenters. The second kappa shape index (κ2) is 3.11. The highest BCUT2D eigenvalue weighted by Crippen LogP contribution is 2.29. The van der Waals surface area contributed by atoms with Crippen LogP contribution in [0.4, 0.5) is 0 Å². The lowest BCUT2D eigenvalue weighted by atomic mass is 9.64. The van der Waals surface area contributed by atoms with E-state index in [1.807, 2.05) is 0 Å². The van der Waals surface area contributed by atoms with Crippen LogP contribution in [-0.2, 0) is 0 Å². The number of aliphatic hydroxyl groups excluding tert-OH is 1. The van der Waals surface area contributed by atoms with Crippen LogP contribution in [0.25, 0.3) is 0 Å². The van der Waals surface area contributed by atoms with E-state index in [2.05, 4.69) is 0 Å². The first-order chi connectivity index (χ1) is 5.13. The first kappa shape index (κ1) is 8.36. The Labute approximate surface area is 65.8 Å². The molecule has 3 N–H and O–H groups in total. The molecular weight excluding hydrogens is 143 g/mol. The summed E-state index contributed by atoms with van der Waals surface area (Å²) in [6.07, 6.45) is 4.86. The molecule has 0 bridgehead atoms. The molecule has 0 saturated heterocycles. The van der Waals surface area contributed by atoms with Gasteiger partial charge in [0, 0.05) is 11.7 Å².